The highest BCUT2D eigenvalue weighted by molar-refractivity contribution is 5.70. The molecule has 0 aromatic heterocycles. The lowest BCUT2D eigenvalue weighted by atomic mass is 9.95. The molecule has 0 aliphatic rings. The number of aryl methyl sites for hydroxylation is 1. The Hall–Kier alpha value is -2.34. The molecule has 0 radical (unpaired) electrons. The maximum absolute atomic E-state index is 10.5. The van der Waals surface area contributed by atoms with Crippen LogP contribution in [0.25, 0.3) is 0 Å². The first kappa shape index (κ1) is 18.7. The lowest BCUT2D eigenvalue weighted by Crippen LogP contribution is -2.41. The summed E-state index contributed by atoms with van der Waals surface area (Å²) in [6.45, 7) is 4.33. The van der Waals surface area contributed by atoms with Crippen LogP contribution >= 0.6 is 0 Å². The maximum atomic E-state index is 10.5. The number of carbonyl (C=O) groups excluding carboxylic acids is 1. The Labute approximate surface area is 132 Å². The average molecular weight is 325 g/mol. The molecule has 0 spiro atoms. The van der Waals surface area contributed by atoms with Crippen LogP contribution < -0.4 is 10.8 Å². The van der Waals surface area contributed by atoms with Crippen LogP contribution in [-0.4, -0.2) is 12.1 Å². The molecule has 0 aliphatic heterocycles. The van der Waals surface area contributed by atoms with Gasteiger partial charge in [0.2, 0.25) is 0 Å². The molecule has 124 valence electrons. The number of benzene rings is 2. The SMILES string of the molecule is Cc1ccc([NH3+])c(C)c1Cc1ccccc1.O=C([O-])C(F)(F)F. The van der Waals surface area contributed by atoms with Gasteiger partial charge in [0.25, 0.3) is 0 Å². The predicted octanol–water partition coefficient (Wildman–Crippen LogP) is 2.07. The molecular weight excluding hydrogens is 307 g/mol. The van der Waals surface area contributed by atoms with Gasteiger partial charge in [-0.25, -0.2) is 0 Å². The van der Waals surface area contributed by atoms with Gasteiger partial charge < -0.3 is 15.6 Å². The number of hydrogen-bond donors (Lipinski definition) is 1. The third-order valence-electron chi connectivity index (χ3n) is 3.40. The molecule has 2 aromatic rings. The van der Waals surface area contributed by atoms with Crippen molar-refractivity contribution < 1.29 is 28.8 Å². The zero-order valence-electron chi connectivity index (χ0n) is 12.9. The summed E-state index contributed by atoms with van der Waals surface area (Å²) in [6, 6.07) is 14.8. The first-order chi connectivity index (χ1) is 10.6. The molecule has 0 saturated carbocycles. The zero-order chi connectivity index (χ0) is 17.6. The third kappa shape index (κ3) is 5.75. The van der Waals surface area contributed by atoms with Crippen LogP contribution in [0, 0.1) is 13.8 Å². The van der Waals surface area contributed by atoms with Gasteiger partial charge in [0.05, 0.1) is 0 Å². The van der Waals surface area contributed by atoms with Crippen LogP contribution in [0.2, 0.25) is 0 Å². The van der Waals surface area contributed by atoms with Crippen molar-refractivity contribution in [3.05, 3.63) is 64.7 Å². The second kappa shape index (κ2) is 7.78. The number of aliphatic carboxylic acids is 1. The molecule has 0 unspecified atom stereocenters. The Kier molecular flexibility index (Phi) is 6.33. The molecule has 0 atom stereocenters. The monoisotopic (exact) mass is 325 g/mol. The lowest BCUT2D eigenvalue weighted by molar-refractivity contribution is -0.344. The Morgan fingerprint density at radius 3 is 2.09 bits per heavy atom. The Morgan fingerprint density at radius 2 is 1.61 bits per heavy atom. The van der Waals surface area contributed by atoms with Crippen LogP contribution in [0.5, 0.6) is 0 Å². The minimum absolute atomic E-state index is 1.00. The Bertz CT molecular complexity index is 668. The summed E-state index contributed by atoms with van der Waals surface area (Å²) in [4.78, 5) is 8.78. The van der Waals surface area contributed by atoms with Crippen LogP contribution in [-0.2, 0) is 11.2 Å². The van der Waals surface area contributed by atoms with E-state index in [1.165, 1.54) is 22.3 Å². The van der Waals surface area contributed by atoms with Crippen molar-refractivity contribution in [1.29, 1.82) is 0 Å². The summed E-state index contributed by atoms with van der Waals surface area (Å²) >= 11 is 0. The number of halogens is 3. The van der Waals surface area contributed by atoms with E-state index in [4.69, 9.17) is 9.90 Å². The minimum atomic E-state index is -5.19. The second-order valence-electron chi connectivity index (χ2n) is 5.09. The normalized spacial score (nSPS) is 10.7. The van der Waals surface area contributed by atoms with E-state index in [-0.39, 0.29) is 0 Å². The van der Waals surface area contributed by atoms with Crippen LogP contribution in [0.1, 0.15) is 22.3 Å². The van der Waals surface area contributed by atoms with Gasteiger partial charge in [-0.1, -0.05) is 36.4 Å². The van der Waals surface area contributed by atoms with Gasteiger partial charge in [0.1, 0.15) is 11.7 Å². The minimum Gasteiger partial charge on any atom is -0.542 e. The molecule has 3 nitrogen and oxygen atoms in total. The molecule has 23 heavy (non-hydrogen) atoms. The van der Waals surface area contributed by atoms with Crippen LogP contribution in [0.3, 0.4) is 0 Å². The van der Waals surface area contributed by atoms with Gasteiger partial charge in [-0.2, -0.15) is 13.2 Å². The van der Waals surface area contributed by atoms with Gasteiger partial charge in [-0.3, -0.25) is 0 Å². The third-order valence-corrected chi connectivity index (χ3v) is 3.40. The standard InChI is InChI=1S/C15H17N.C2HF3O2/c1-11-8-9-15(16)12(2)14(11)10-13-6-4-3-5-7-13;3-2(4,5)1(6)7/h3-9H,10,16H2,1-2H3;(H,6,7). The molecule has 2 aromatic carbocycles. The van der Waals surface area contributed by atoms with Gasteiger partial charge in [-0.15, -0.1) is 0 Å². The van der Waals surface area contributed by atoms with E-state index < -0.39 is 12.1 Å². The summed E-state index contributed by atoms with van der Waals surface area (Å²) in [6.07, 6.45) is -4.19. The second-order valence-corrected chi connectivity index (χ2v) is 5.09. The summed E-state index contributed by atoms with van der Waals surface area (Å²) in [7, 11) is 0. The molecule has 0 saturated heterocycles. The largest absolute Gasteiger partial charge is 0.542 e. The Morgan fingerprint density at radius 1 is 1.09 bits per heavy atom. The molecule has 0 bridgehead atoms. The van der Waals surface area contributed by atoms with E-state index in [0.717, 1.165) is 12.1 Å². The molecule has 6 heteroatoms. The fourth-order valence-corrected chi connectivity index (χ4v) is 2.01. The van der Waals surface area contributed by atoms with E-state index in [2.05, 4.69) is 62.0 Å². The lowest BCUT2D eigenvalue weighted by Gasteiger charge is -2.10. The van der Waals surface area contributed by atoms with Crippen molar-refractivity contribution in [2.75, 3.05) is 0 Å². The molecule has 0 amide bonds. The molecule has 0 fully saturated rings. The number of hydrogen-bond acceptors (Lipinski definition) is 2. The van der Waals surface area contributed by atoms with E-state index >= 15 is 0 Å². The van der Waals surface area contributed by atoms with Crippen molar-refractivity contribution in [3.63, 3.8) is 0 Å². The van der Waals surface area contributed by atoms with Gasteiger partial charge >= 0.3 is 6.18 Å². The number of carboxylic acid groups (broad SMARTS) is 1. The summed E-state index contributed by atoms with van der Waals surface area (Å²) in [5.41, 5.74) is 10.7. The number of quaternary nitrogens is 1. The fourth-order valence-electron chi connectivity index (χ4n) is 2.01. The molecular formula is C17H18F3NO2. The smallest absolute Gasteiger partial charge is 0.430 e. The summed E-state index contributed by atoms with van der Waals surface area (Å²) in [5.74, 6) is -3.01. The van der Waals surface area contributed by atoms with Gasteiger partial charge in [0.15, 0.2) is 0 Å². The number of carbonyl (C=O) groups is 1. The van der Waals surface area contributed by atoms with Crippen molar-refractivity contribution in [2.24, 2.45) is 0 Å². The van der Waals surface area contributed by atoms with Crippen LogP contribution in [0.4, 0.5) is 18.9 Å². The highest BCUT2D eigenvalue weighted by atomic mass is 19.4. The number of carboxylic acids is 1. The van der Waals surface area contributed by atoms with Crippen molar-refractivity contribution in [3.8, 4) is 0 Å². The Balaban J connectivity index is 0.000000322. The van der Waals surface area contributed by atoms with Crippen molar-refractivity contribution in [2.45, 2.75) is 26.4 Å². The topological polar surface area (TPSA) is 67.8 Å². The van der Waals surface area contributed by atoms with Crippen molar-refractivity contribution >= 4 is 11.7 Å². The number of alkyl halides is 3. The first-order valence-corrected chi connectivity index (χ1v) is 6.86. The highest BCUT2D eigenvalue weighted by Gasteiger charge is 2.28. The maximum Gasteiger partial charge on any atom is 0.430 e. The summed E-state index contributed by atoms with van der Waals surface area (Å²) in [5, 5.41) is 8.78. The molecule has 2 rings (SSSR count). The predicted molar refractivity (Wildman–Crippen MR) is 78.8 cm³/mol. The van der Waals surface area contributed by atoms with E-state index in [9.17, 15) is 13.2 Å². The average Bonchev–Trinajstić information content (AvgIpc) is 2.48. The first-order valence-electron chi connectivity index (χ1n) is 6.86. The number of rotatable bonds is 2. The summed E-state index contributed by atoms with van der Waals surface area (Å²) < 4.78 is 31.5. The van der Waals surface area contributed by atoms with E-state index in [1.54, 1.807) is 0 Å². The molecule has 0 aliphatic carbocycles. The quantitative estimate of drug-likeness (QED) is 0.918. The zero-order valence-corrected chi connectivity index (χ0v) is 12.9. The molecule has 0 heterocycles. The van der Waals surface area contributed by atoms with Crippen LogP contribution in [0.15, 0.2) is 42.5 Å². The van der Waals surface area contributed by atoms with Gasteiger partial charge in [-0.05, 0) is 43.0 Å². The van der Waals surface area contributed by atoms with Gasteiger partial charge in [0, 0.05) is 5.56 Å². The molecule has 3 N–H and O–H groups in total. The van der Waals surface area contributed by atoms with E-state index in [1.807, 2.05) is 0 Å². The fraction of sp³-hybridized carbons (Fsp3) is 0.235. The highest BCUT2D eigenvalue weighted by Crippen LogP contribution is 2.21. The van der Waals surface area contributed by atoms with Crippen molar-refractivity contribution in [1.82, 2.24) is 0 Å². The van der Waals surface area contributed by atoms with E-state index in [0.29, 0.717) is 0 Å².